The van der Waals surface area contributed by atoms with Crippen LogP contribution in [0.25, 0.3) is 0 Å². The second-order valence-electron chi connectivity index (χ2n) is 4.75. The van der Waals surface area contributed by atoms with Crippen LogP contribution in [0.15, 0.2) is 0 Å². The number of piperazine rings is 1. The zero-order valence-electron chi connectivity index (χ0n) is 12.0. The van der Waals surface area contributed by atoms with Crippen LogP contribution in [0.5, 0.6) is 0 Å². The molecule has 1 saturated heterocycles. The summed E-state index contributed by atoms with van der Waals surface area (Å²) in [6, 6.07) is 0. The van der Waals surface area contributed by atoms with Gasteiger partial charge in [0.05, 0.1) is 32.2 Å². The lowest BCUT2D eigenvalue weighted by Crippen LogP contribution is -2.55. The zero-order chi connectivity index (χ0) is 15.1. The Hall–Kier alpha value is -1.63. The lowest BCUT2D eigenvalue weighted by molar-refractivity contribution is -0.152. The largest absolute Gasteiger partial charge is 0.466 e. The van der Waals surface area contributed by atoms with Crippen LogP contribution in [-0.4, -0.2) is 71.6 Å². The number of amides is 2. The van der Waals surface area contributed by atoms with Crippen molar-refractivity contribution in [2.75, 3.05) is 32.8 Å². The van der Waals surface area contributed by atoms with Crippen molar-refractivity contribution < 1.29 is 24.2 Å². The molecule has 0 spiro atoms. The summed E-state index contributed by atoms with van der Waals surface area (Å²) >= 11 is 0. The van der Waals surface area contributed by atoms with Crippen LogP contribution in [0.3, 0.4) is 0 Å². The molecule has 7 heteroatoms. The molecule has 1 fully saturated rings. The highest BCUT2D eigenvalue weighted by molar-refractivity contribution is 5.92. The van der Waals surface area contributed by atoms with Gasteiger partial charge in [0.15, 0.2) is 0 Å². The Morgan fingerprint density at radius 3 is 2.45 bits per heavy atom. The normalized spacial score (nSPS) is 17.4. The maximum absolute atomic E-state index is 11.9. The first-order chi connectivity index (χ1) is 9.47. The molecule has 0 aromatic heterocycles. The fourth-order valence-electron chi connectivity index (χ4n) is 2.07. The van der Waals surface area contributed by atoms with Crippen LogP contribution in [-0.2, 0) is 19.1 Å². The molecule has 1 unspecified atom stereocenters. The molecule has 0 radical (unpaired) electrons. The monoisotopic (exact) mass is 286 g/mol. The molecule has 1 rings (SSSR count). The quantitative estimate of drug-likeness (QED) is 0.630. The molecule has 0 bridgehead atoms. The molecule has 2 amide bonds. The Bertz CT molecular complexity index is 372. The van der Waals surface area contributed by atoms with Crippen LogP contribution >= 0.6 is 0 Å². The molecular formula is C13H22N2O5. The predicted molar refractivity (Wildman–Crippen MR) is 70.7 cm³/mol. The summed E-state index contributed by atoms with van der Waals surface area (Å²) in [6.07, 6.45) is -0.391. The number of hydrogen-bond acceptors (Lipinski definition) is 5. The van der Waals surface area contributed by atoms with E-state index >= 15 is 0 Å². The highest BCUT2D eigenvalue weighted by Gasteiger charge is 2.30. The van der Waals surface area contributed by atoms with Gasteiger partial charge in [-0.3, -0.25) is 14.4 Å². The average molecular weight is 286 g/mol. The first-order valence-electron chi connectivity index (χ1n) is 6.87. The summed E-state index contributed by atoms with van der Waals surface area (Å²) in [5, 5.41) is 9.75. The summed E-state index contributed by atoms with van der Waals surface area (Å²) in [6.45, 7) is 4.40. The fraction of sp³-hybridized carbons (Fsp3) is 0.769. The van der Waals surface area contributed by atoms with Gasteiger partial charge in [0.25, 0.3) is 0 Å². The number of carbonyl (C=O) groups is 3. The van der Waals surface area contributed by atoms with E-state index in [0.717, 1.165) is 6.42 Å². The molecule has 0 aliphatic carbocycles. The fourth-order valence-corrected chi connectivity index (χ4v) is 2.07. The van der Waals surface area contributed by atoms with Crippen molar-refractivity contribution in [3.8, 4) is 0 Å². The summed E-state index contributed by atoms with van der Waals surface area (Å²) < 4.78 is 4.72. The van der Waals surface area contributed by atoms with Crippen molar-refractivity contribution >= 4 is 17.8 Å². The zero-order valence-corrected chi connectivity index (χ0v) is 12.0. The second kappa shape index (κ2) is 7.84. The summed E-state index contributed by atoms with van der Waals surface area (Å²) in [5.74, 6) is -0.848. The van der Waals surface area contributed by atoms with Gasteiger partial charge in [-0.15, -0.1) is 0 Å². The standard InChI is InChI=1S/C13H22N2O5/c1-3-5-14-8-12(18)15(9-11(14)17)7-10(16)6-13(19)20-4-2/h10,16H,3-9H2,1-2H3. The van der Waals surface area contributed by atoms with Gasteiger partial charge in [-0.05, 0) is 13.3 Å². The molecule has 0 aromatic rings. The lowest BCUT2D eigenvalue weighted by atomic mass is 10.2. The van der Waals surface area contributed by atoms with Gasteiger partial charge < -0.3 is 19.6 Å². The van der Waals surface area contributed by atoms with Gasteiger partial charge in [0.1, 0.15) is 0 Å². The Labute approximate surface area is 118 Å². The minimum Gasteiger partial charge on any atom is -0.466 e. The SMILES string of the molecule is CCCN1CC(=O)N(CC(O)CC(=O)OCC)CC1=O. The number of ether oxygens (including phenoxy) is 1. The third-order valence-corrected chi connectivity index (χ3v) is 2.99. The van der Waals surface area contributed by atoms with Gasteiger partial charge in [-0.1, -0.05) is 6.92 Å². The summed E-state index contributed by atoms with van der Waals surface area (Å²) in [4.78, 5) is 37.7. The van der Waals surface area contributed by atoms with E-state index in [4.69, 9.17) is 4.74 Å². The highest BCUT2D eigenvalue weighted by Crippen LogP contribution is 2.08. The number of aliphatic hydroxyl groups excluding tert-OH is 1. The Morgan fingerprint density at radius 1 is 1.25 bits per heavy atom. The third kappa shape index (κ3) is 4.80. The van der Waals surface area contributed by atoms with E-state index in [-0.39, 0.29) is 44.5 Å². The number of hydrogen-bond donors (Lipinski definition) is 1. The number of aliphatic hydroxyl groups is 1. The molecular weight excluding hydrogens is 264 g/mol. The van der Waals surface area contributed by atoms with Crippen LogP contribution < -0.4 is 0 Å². The number of rotatable bonds is 7. The molecule has 0 aromatic carbocycles. The lowest BCUT2D eigenvalue weighted by Gasteiger charge is -2.34. The maximum Gasteiger partial charge on any atom is 0.308 e. The topological polar surface area (TPSA) is 87.2 Å². The van der Waals surface area contributed by atoms with Crippen LogP contribution in [0.2, 0.25) is 0 Å². The van der Waals surface area contributed by atoms with E-state index in [1.807, 2.05) is 6.92 Å². The van der Waals surface area contributed by atoms with Crippen LogP contribution in [0, 0.1) is 0 Å². The number of β-amino-alcohol motifs (C(OH)–C–C–N with tert-alkyl or cyclic N) is 1. The van der Waals surface area contributed by atoms with Gasteiger partial charge >= 0.3 is 5.97 Å². The minimum absolute atomic E-state index is 0.0245. The van der Waals surface area contributed by atoms with E-state index in [0.29, 0.717) is 6.54 Å². The number of nitrogens with zero attached hydrogens (tertiary/aromatic N) is 2. The summed E-state index contributed by atoms with van der Waals surface area (Å²) in [7, 11) is 0. The number of esters is 1. The van der Waals surface area contributed by atoms with Gasteiger partial charge in [0, 0.05) is 13.1 Å². The molecule has 1 heterocycles. The summed E-state index contributed by atoms with van der Waals surface area (Å²) in [5.41, 5.74) is 0. The van der Waals surface area contributed by atoms with E-state index < -0.39 is 12.1 Å². The Morgan fingerprint density at radius 2 is 1.85 bits per heavy atom. The Kier molecular flexibility index (Phi) is 6.44. The van der Waals surface area contributed by atoms with E-state index in [9.17, 15) is 19.5 Å². The van der Waals surface area contributed by atoms with Crippen molar-refractivity contribution in [2.45, 2.75) is 32.8 Å². The molecule has 0 saturated carbocycles. The van der Waals surface area contributed by atoms with E-state index in [1.54, 1.807) is 6.92 Å². The van der Waals surface area contributed by atoms with Gasteiger partial charge in [-0.2, -0.15) is 0 Å². The molecule has 1 atom stereocenters. The van der Waals surface area contributed by atoms with Crippen molar-refractivity contribution in [2.24, 2.45) is 0 Å². The smallest absolute Gasteiger partial charge is 0.308 e. The average Bonchev–Trinajstić information content (AvgIpc) is 2.35. The Balaban J connectivity index is 2.46. The molecule has 20 heavy (non-hydrogen) atoms. The van der Waals surface area contributed by atoms with Crippen molar-refractivity contribution in [3.63, 3.8) is 0 Å². The highest BCUT2D eigenvalue weighted by atomic mass is 16.5. The van der Waals surface area contributed by atoms with Crippen LogP contribution in [0.1, 0.15) is 26.7 Å². The van der Waals surface area contributed by atoms with Crippen molar-refractivity contribution in [1.29, 1.82) is 0 Å². The first kappa shape index (κ1) is 16.4. The first-order valence-corrected chi connectivity index (χ1v) is 6.87. The third-order valence-electron chi connectivity index (χ3n) is 2.99. The minimum atomic E-state index is -1.01. The molecule has 114 valence electrons. The van der Waals surface area contributed by atoms with E-state index in [2.05, 4.69) is 0 Å². The van der Waals surface area contributed by atoms with E-state index in [1.165, 1.54) is 9.80 Å². The van der Waals surface area contributed by atoms with Gasteiger partial charge in [-0.25, -0.2) is 0 Å². The van der Waals surface area contributed by atoms with Crippen molar-refractivity contribution in [1.82, 2.24) is 9.80 Å². The molecule has 1 aliphatic rings. The van der Waals surface area contributed by atoms with Crippen molar-refractivity contribution in [3.05, 3.63) is 0 Å². The maximum atomic E-state index is 11.9. The van der Waals surface area contributed by atoms with Crippen LogP contribution in [0.4, 0.5) is 0 Å². The molecule has 7 nitrogen and oxygen atoms in total. The predicted octanol–water partition coefficient (Wildman–Crippen LogP) is -0.619. The molecule has 1 aliphatic heterocycles. The molecule has 1 N–H and O–H groups in total. The second-order valence-corrected chi connectivity index (χ2v) is 4.75. The van der Waals surface area contributed by atoms with Gasteiger partial charge in [0.2, 0.25) is 11.8 Å². The number of carbonyl (C=O) groups excluding carboxylic acids is 3.